The molecule has 1 saturated heterocycles. The van der Waals surface area contributed by atoms with Crippen molar-refractivity contribution < 1.29 is 17.9 Å². The fourth-order valence-electron chi connectivity index (χ4n) is 2.70. The summed E-state index contributed by atoms with van der Waals surface area (Å²) in [7, 11) is -2.56. The van der Waals surface area contributed by atoms with Crippen LogP contribution >= 0.6 is 12.2 Å². The van der Waals surface area contributed by atoms with Crippen molar-refractivity contribution in [3.8, 4) is 5.88 Å². The molecule has 1 aliphatic heterocycles. The minimum Gasteiger partial charge on any atom is -0.478 e. The maximum absolute atomic E-state index is 12.6. The SMILES string of the molecule is COc1nccnc1NS(=O)(=O)c1ccc(N2C(=O)C(C(C)C)NC2=S)cc1. The molecule has 1 amide bonds. The molecule has 0 aliphatic carbocycles. The highest BCUT2D eigenvalue weighted by molar-refractivity contribution is 7.92. The van der Waals surface area contributed by atoms with Gasteiger partial charge >= 0.3 is 0 Å². The van der Waals surface area contributed by atoms with E-state index in [1.807, 2.05) is 13.8 Å². The van der Waals surface area contributed by atoms with Crippen LogP contribution < -0.4 is 19.7 Å². The number of aromatic nitrogens is 2. The molecule has 1 aliphatic rings. The van der Waals surface area contributed by atoms with Gasteiger partial charge in [0.05, 0.1) is 17.7 Å². The maximum Gasteiger partial charge on any atom is 0.263 e. The van der Waals surface area contributed by atoms with E-state index in [4.69, 9.17) is 17.0 Å². The summed E-state index contributed by atoms with van der Waals surface area (Å²) in [6.07, 6.45) is 2.74. The van der Waals surface area contributed by atoms with Gasteiger partial charge in [-0.15, -0.1) is 0 Å². The van der Waals surface area contributed by atoms with Crippen LogP contribution in [0.3, 0.4) is 0 Å². The van der Waals surface area contributed by atoms with Crippen LogP contribution in [0.4, 0.5) is 11.5 Å². The van der Waals surface area contributed by atoms with E-state index >= 15 is 0 Å². The summed E-state index contributed by atoms with van der Waals surface area (Å²) in [4.78, 5) is 21.8. The summed E-state index contributed by atoms with van der Waals surface area (Å²) in [5.41, 5.74) is 0.488. The third-order valence-electron chi connectivity index (χ3n) is 4.13. The average molecular weight is 422 g/mol. The Bertz CT molecular complexity index is 1010. The minimum atomic E-state index is -3.92. The summed E-state index contributed by atoms with van der Waals surface area (Å²) < 4.78 is 32.6. The second-order valence-corrected chi connectivity index (χ2v) is 8.43. The van der Waals surface area contributed by atoms with E-state index in [-0.39, 0.29) is 28.4 Å². The lowest BCUT2D eigenvalue weighted by atomic mass is 10.0. The lowest BCUT2D eigenvalue weighted by molar-refractivity contribution is -0.119. The van der Waals surface area contributed by atoms with Crippen LogP contribution in [0.5, 0.6) is 5.88 Å². The number of amides is 1. The maximum atomic E-state index is 12.6. The first-order valence-corrected chi connectivity index (χ1v) is 10.3. The van der Waals surface area contributed by atoms with Gasteiger partial charge in [-0.1, -0.05) is 13.8 Å². The number of thiocarbonyl (C=S) groups is 1. The number of nitrogens with zero attached hydrogens (tertiary/aromatic N) is 3. The predicted molar refractivity (Wildman–Crippen MR) is 108 cm³/mol. The number of anilines is 2. The molecule has 28 heavy (non-hydrogen) atoms. The summed E-state index contributed by atoms with van der Waals surface area (Å²) in [6.45, 7) is 3.84. The quantitative estimate of drug-likeness (QED) is 0.675. The van der Waals surface area contributed by atoms with Crippen molar-refractivity contribution in [3.05, 3.63) is 36.7 Å². The Hall–Kier alpha value is -2.79. The summed E-state index contributed by atoms with van der Waals surface area (Å²) in [5, 5.41) is 3.28. The Morgan fingerprint density at radius 3 is 2.43 bits per heavy atom. The second kappa shape index (κ2) is 7.68. The number of ether oxygens (including phenoxy) is 1. The standard InChI is InChI=1S/C17H19N5O4S2/c1-10(2)13-16(23)22(17(27)20-13)11-4-6-12(7-5-11)28(24,25)21-14-15(26-3)19-9-8-18-14/h4-10,13H,1-3H3,(H,18,21)(H,20,27). The second-order valence-electron chi connectivity index (χ2n) is 6.36. The highest BCUT2D eigenvalue weighted by Gasteiger charge is 2.38. The van der Waals surface area contributed by atoms with Gasteiger partial charge in [-0.3, -0.25) is 14.4 Å². The van der Waals surface area contributed by atoms with Gasteiger partial charge in [0.1, 0.15) is 6.04 Å². The van der Waals surface area contributed by atoms with Crippen molar-refractivity contribution in [1.29, 1.82) is 0 Å². The van der Waals surface area contributed by atoms with Crippen molar-refractivity contribution in [2.24, 2.45) is 5.92 Å². The molecule has 1 atom stereocenters. The Labute approximate surface area is 168 Å². The first-order chi connectivity index (χ1) is 13.2. The van der Waals surface area contributed by atoms with Crippen molar-refractivity contribution in [1.82, 2.24) is 15.3 Å². The summed E-state index contributed by atoms with van der Waals surface area (Å²) >= 11 is 5.25. The van der Waals surface area contributed by atoms with Gasteiger partial charge in [-0.25, -0.2) is 18.4 Å². The van der Waals surface area contributed by atoms with Crippen molar-refractivity contribution in [3.63, 3.8) is 0 Å². The number of nitrogens with one attached hydrogen (secondary N) is 2. The Morgan fingerprint density at radius 2 is 1.86 bits per heavy atom. The topological polar surface area (TPSA) is 114 Å². The molecule has 1 aromatic heterocycles. The van der Waals surface area contributed by atoms with E-state index in [1.54, 1.807) is 0 Å². The van der Waals surface area contributed by atoms with Crippen LogP contribution in [-0.4, -0.2) is 42.6 Å². The third-order valence-corrected chi connectivity index (χ3v) is 5.78. The van der Waals surface area contributed by atoms with Gasteiger partial charge < -0.3 is 10.1 Å². The monoisotopic (exact) mass is 421 g/mol. The van der Waals surface area contributed by atoms with Crippen molar-refractivity contribution in [2.45, 2.75) is 24.8 Å². The fraction of sp³-hybridized carbons (Fsp3) is 0.294. The Morgan fingerprint density at radius 1 is 1.21 bits per heavy atom. The van der Waals surface area contributed by atoms with Crippen LogP contribution in [0.2, 0.25) is 0 Å². The molecule has 2 heterocycles. The van der Waals surface area contributed by atoms with Gasteiger partial charge in [0, 0.05) is 12.4 Å². The van der Waals surface area contributed by atoms with E-state index in [2.05, 4.69) is 20.0 Å². The molecule has 0 bridgehead atoms. The van der Waals surface area contributed by atoms with E-state index in [9.17, 15) is 13.2 Å². The Balaban J connectivity index is 1.84. The normalized spacial score (nSPS) is 17.0. The largest absolute Gasteiger partial charge is 0.478 e. The van der Waals surface area contributed by atoms with E-state index in [0.29, 0.717) is 10.8 Å². The fourth-order valence-corrected chi connectivity index (χ4v) is 4.03. The number of hydrogen-bond donors (Lipinski definition) is 2. The number of methoxy groups -OCH3 is 1. The highest BCUT2D eigenvalue weighted by Crippen LogP contribution is 2.26. The van der Waals surface area contributed by atoms with Gasteiger partial charge in [0.15, 0.2) is 5.11 Å². The molecule has 2 N–H and O–H groups in total. The van der Waals surface area contributed by atoms with Crippen LogP contribution in [-0.2, 0) is 14.8 Å². The molecule has 1 fully saturated rings. The number of carbonyl (C=O) groups is 1. The molecule has 0 spiro atoms. The summed E-state index contributed by atoms with van der Waals surface area (Å²) in [5.74, 6) is -0.0604. The number of hydrogen-bond acceptors (Lipinski definition) is 7. The number of rotatable bonds is 6. The number of benzene rings is 1. The zero-order valence-corrected chi connectivity index (χ0v) is 17.0. The number of carbonyl (C=O) groups excluding carboxylic acids is 1. The van der Waals surface area contributed by atoms with Crippen LogP contribution in [0, 0.1) is 5.92 Å². The van der Waals surface area contributed by atoms with E-state index in [0.717, 1.165) is 0 Å². The van der Waals surface area contributed by atoms with Gasteiger partial charge in [0.25, 0.3) is 21.8 Å². The average Bonchev–Trinajstić information content (AvgIpc) is 2.96. The van der Waals surface area contributed by atoms with Gasteiger partial charge in [0.2, 0.25) is 5.82 Å². The third kappa shape index (κ3) is 3.76. The molecule has 1 aromatic carbocycles. The molecule has 2 aromatic rings. The molecular weight excluding hydrogens is 402 g/mol. The molecule has 0 saturated carbocycles. The van der Waals surface area contributed by atoms with Crippen LogP contribution in [0.15, 0.2) is 41.6 Å². The molecule has 3 rings (SSSR count). The molecular formula is C17H19N5O4S2. The molecule has 0 radical (unpaired) electrons. The smallest absolute Gasteiger partial charge is 0.263 e. The van der Waals surface area contributed by atoms with Crippen molar-refractivity contribution >= 4 is 44.8 Å². The minimum absolute atomic E-state index is 0.00473. The van der Waals surface area contributed by atoms with Crippen molar-refractivity contribution in [2.75, 3.05) is 16.7 Å². The zero-order chi connectivity index (χ0) is 20.5. The highest BCUT2D eigenvalue weighted by atomic mass is 32.2. The molecule has 148 valence electrons. The predicted octanol–water partition coefficient (Wildman–Crippen LogP) is 1.53. The molecule has 9 nitrogen and oxygen atoms in total. The summed E-state index contributed by atoms with van der Waals surface area (Å²) in [6, 6.07) is 5.42. The number of sulfonamides is 1. The Kier molecular flexibility index (Phi) is 5.47. The first-order valence-electron chi connectivity index (χ1n) is 8.37. The lowest BCUT2D eigenvalue weighted by Gasteiger charge is -2.16. The zero-order valence-electron chi connectivity index (χ0n) is 15.4. The van der Waals surface area contributed by atoms with E-state index in [1.165, 1.54) is 48.7 Å². The first kappa shape index (κ1) is 20.0. The van der Waals surface area contributed by atoms with Crippen LogP contribution in [0.25, 0.3) is 0 Å². The van der Waals surface area contributed by atoms with Gasteiger partial charge in [-0.2, -0.15) is 0 Å². The molecule has 1 unspecified atom stereocenters. The lowest BCUT2D eigenvalue weighted by Crippen LogP contribution is -2.34. The van der Waals surface area contributed by atoms with Gasteiger partial charge in [-0.05, 0) is 42.4 Å². The van der Waals surface area contributed by atoms with E-state index < -0.39 is 16.1 Å². The molecule has 11 heteroatoms. The van der Waals surface area contributed by atoms with Crippen LogP contribution in [0.1, 0.15) is 13.8 Å².